The Morgan fingerprint density at radius 1 is 1.18 bits per heavy atom. The molecule has 0 aromatic rings. The predicted octanol–water partition coefficient (Wildman–Crippen LogP) is 0.217. The Labute approximate surface area is 104 Å². The summed E-state index contributed by atoms with van der Waals surface area (Å²) >= 11 is 0. The van der Waals surface area contributed by atoms with Gasteiger partial charge in [-0.05, 0) is 20.4 Å². The van der Waals surface area contributed by atoms with Gasteiger partial charge in [0.25, 0.3) is 0 Å². The summed E-state index contributed by atoms with van der Waals surface area (Å²) in [6.07, 6.45) is 0. The van der Waals surface area contributed by atoms with Crippen LogP contribution in [0.15, 0.2) is 0 Å². The normalized spacial score (nSPS) is 12.0. The fourth-order valence-corrected chi connectivity index (χ4v) is 1.48. The van der Waals surface area contributed by atoms with E-state index in [-0.39, 0.29) is 24.3 Å². The Bertz CT molecular complexity index is 240. The van der Waals surface area contributed by atoms with Crippen LogP contribution in [0.4, 0.5) is 0 Å². The molecular weight excluding hydrogens is 218 g/mol. The minimum atomic E-state index is -0.112. The number of hydrogen-bond donors (Lipinski definition) is 2. The van der Waals surface area contributed by atoms with Crippen LogP contribution in [-0.4, -0.2) is 49.4 Å². The maximum atomic E-state index is 11.6. The van der Waals surface area contributed by atoms with E-state index in [2.05, 4.69) is 10.6 Å². The van der Waals surface area contributed by atoms with Crippen LogP contribution >= 0.6 is 0 Å². The zero-order valence-corrected chi connectivity index (χ0v) is 11.4. The fourth-order valence-electron chi connectivity index (χ4n) is 1.48. The summed E-state index contributed by atoms with van der Waals surface area (Å²) in [6.45, 7) is 10.6. The van der Waals surface area contributed by atoms with Gasteiger partial charge < -0.3 is 15.5 Å². The first-order valence-corrected chi connectivity index (χ1v) is 6.32. The summed E-state index contributed by atoms with van der Waals surface area (Å²) in [4.78, 5) is 25.0. The van der Waals surface area contributed by atoms with Crippen molar-refractivity contribution in [3.8, 4) is 0 Å². The zero-order chi connectivity index (χ0) is 13.3. The molecule has 0 aromatic heterocycles. The smallest absolute Gasteiger partial charge is 0.241 e. The molecule has 5 heteroatoms. The van der Waals surface area contributed by atoms with Crippen molar-refractivity contribution in [3.05, 3.63) is 0 Å². The van der Waals surface area contributed by atoms with Crippen molar-refractivity contribution in [1.82, 2.24) is 15.5 Å². The highest BCUT2D eigenvalue weighted by Crippen LogP contribution is 1.93. The van der Waals surface area contributed by atoms with Gasteiger partial charge in [-0.15, -0.1) is 0 Å². The molecule has 0 aliphatic rings. The zero-order valence-electron chi connectivity index (χ0n) is 11.4. The molecule has 0 radical (unpaired) electrons. The molecule has 17 heavy (non-hydrogen) atoms. The van der Waals surface area contributed by atoms with Crippen molar-refractivity contribution in [3.63, 3.8) is 0 Å². The molecule has 0 heterocycles. The second-order valence-electron chi connectivity index (χ2n) is 3.99. The second-order valence-corrected chi connectivity index (χ2v) is 3.99. The van der Waals surface area contributed by atoms with Crippen LogP contribution in [0.1, 0.15) is 27.7 Å². The summed E-state index contributed by atoms with van der Waals surface area (Å²) in [6, 6.07) is 0. The monoisotopic (exact) mass is 243 g/mol. The van der Waals surface area contributed by atoms with Gasteiger partial charge in [0.1, 0.15) is 0 Å². The molecule has 0 aromatic carbocycles. The van der Waals surface area contributed by atoms with Crippen LogP contribution in [0.3, 0.4) is 0 Å². The van der Waals surface area contributed by atoms with Gasteiger partial charge in [0, 0.05) is 25.6 Å². The Morgan fingerprint density at radius 2 is 1.76 bits per heavy atom. The molecular formula is C12H25N3O2. The number of hydrogen-bond acceptors (Lipinski definition) is 3. The summed E-state index contributed by atoms with van der Waals surface area (Å²) in [5.41, 5.74) is 0. The summed E-state index contributed by atoms with van der Waals surface area (Å²) in [7, 11) is 0. The lowest BCUT2D eigenvalue weighted by Gasteiger charge is -2.19. The maximum Gasteiger partial charge on any atom is 0.241 e. The highest BCUT2D eigenvalue weighted by Gasteiger charge is 2.15. The lowest BCUT2D eigenvalue weighted by molar-refractivity contribution is -0.133. The number of nitrogens with zero attached hydrogens (tertiary/aromatic N) is 1. The Balaban J connectivity index is 3.94. The molecule has 0 aliphatic heterocycles. The van der Waals surface area contributed by atoms with Gasteiger partial charge in [-0.1, -0.05) is 13.8 Å². The number of likely N-dealkylation sites (N-methyl/N-ethyl adjacent to an activating group) is 1. The molecule has 0 bridgehead atoms. The largest absolute Gasteiger partial charge is 0.347 e. The van der Waals surface area contributed by atoms with Gasteiger partial charge in [-0.25, -0.2) is 0 Å². The molecule has 2 amide bonds. The molecule has 1 unspecified atom stereocenters. The average Bonchev–Trinajstić information content (AvgIpc) is 2.34. The van der Waals surface area contributed by atoms with E-state index in [0.29, 0.717) is 19.6 Å². The first kappa shape index (κ1) is 15.9. The SMILES string of the molecule is CCNCC(C)C(=O)NCC(=O)N(CC)CC. The van der Waals surface area contributed by atoms with Crippen molar-refractivity contribution >= 4 is 11.8 Å². The molecule has 100 valence electrons. The molecule has 0 saturated carbocycles. The standard InChI is InChI=1S/C12H25N3O2/c1-5-13-8-10(4)12(17)14-9-11(16)15(6-2)7-3/h10,13H,5-9H2,1-4H3,(H,14,17). The van der Waals surface area contributed by atoms with Crippen LogP contribution in [0.2, 0.25) is 0 Å². The number of carbonyl (C=O) groups excluding carboxylic acids is 2. The van der Waals surface area contributed by atoms with Gasteiger partial charge in [0.15, 0.2) is 0 Å². The first-order valence-electron chi connectivity index (χ1n) is 6.32. The van der Waals surface area contributed by atoms with Crippen LogP contribution < -0.4 is 10.6 Å². The molecule has 2 N–H and O–H groups in total. The topological polar surface area (TPSA) is 61.4 Å². The Kier molecular flexibility index (Phi) is 8.40. The molecule has 0 aliphatic carbocycles. The van der Waals surface area contributed by atoms with E-state index in [1.165, 1.54) is 0 Å². The first-order chi connectivity index (χ1) is 8.06. The predicted molar refractivity (Wildman–Crippen MR) is 68.6 cm³/mol. The second kappa shape index (κ2) is 8.98. The lowest BCUT2D eigenvalue weighted by atomic mass is 10.1. The third kappa shape index (κ3) is 6.26. The van der Waals surface area contributed by atoms with Crippen molar-refractivity contribution in [2.75, 3.05) is 32.7 Å². The highest BCUT2D eigenvalue weighted by molar-refractivity contribution is 5.85. The van der Waals surface area contributed by atoms with Gasteiger partial charge in [0.05, 0.1) is 6.54 Å². The van der Waals surface area contributed by atoms with Crippen molar-refractivity contribution in [1.29, 1.82) is 0 Å². The average molecular weight is 243 g/mol. The maximum absolute atomic E-state index is 11.6. The molecule has 5 nitrogen and oxygen atoms in total. The Hall–Kier alpha value is -1.10. The van der Waals surface area contributed by atoms with Crippen LogP contribution in [0.5, 0.6) is 0 Å². The number of amides is 2. The van der Waals surface area contributed by atoms with E-state index in [4.69, 9.17) is 0 Å². The van der Waals surface area contributed by atoms with Crippen LogP contribution in [0.25, 0.3) is 0 Å². The van der Waals surface area contributed by atoms with Crippen molar-refractivity contribution in [2.45, 2.75) is 27.7 Å². The van der Waals surface area contributed by atoms with Gasteiger partial charge in [-0.3, -0.25) is 9.59 Å². The highest BCUT2D eigenvalue weighted by atomic mass is 16.2. The van der Waals surface area contributed by atoms with Gasteiger partial charge in [-0.2, -0.15) is 0 Å². The molecule has 0 spiro atoms. The third-order valence-corrected chi connectivity index (χ3v) is 2.68. The van der Waals surface area contributed by atoms with Crippen molar-refractivity contribution in [2.24, 2.45) is 5.92 Å². The third-order valence-electron chi connectivity index (χ3n) is 2.68. The summed E-state index contributed by atoms with van der Waals surface area (Å²) in [5, 5.41) is 5.78. The van der Waals surface area contributed by atoms with Crippen molar-refractivity contribution < 1.29 is 9.59 Å². The number of carbonyl (C=O) groups is 2. The van der Waals surface area contributed by atoms with Gasteiger partial charge in [0.2, 0.25) is 11.8 Å². The van der Waals surface area contributed by atoms with Crippen LogP contribution in [-0.2, 0) is 9.59 Å². The number of rotatable bonds is 8. The van der Waals surface area contributed by atoms with E-state index in [0.717, 1.165) is 6.54 Å². The number of nitrogens with one attached hydrogen (secondary N) is 2. The summed E-state index contributed by atoms with van der Waals surface area (Å²) in [5.74, 6) is -0.218. The molecule has 1 atom stereocenters. The Morgan fingerprint density at radius 3 is 2.24 bits per heavy atom. The molecule has 0 saturated heterocycles. The van der Waals surface area contributed by atoms with E-state index in [9.17, 15) is 9.59 Å². The lowest BCUT2D eigenvalue weighted by Crippen LogP contribution is -2.43. The minimum absolute atomic E-state index is 0.0287. The van der Waals surface area contributed by atoms with E-state index >= 15 is 0 Å². The minimum Gasteiger partial charge on any atom is -0.347 e. The summed E-state index contributed by atoms with van der Waals surface area (Å²) < 4.78 is 0. The fraction of sp³-hybridized carbons (Fsp3) is 0.833. The van der Waals surface area contributed by atoms with E-state index in [1.54, 1.807) is 4.90 Å². The van der Waals surface area contributed by atoms with E-state index in [1.807, 2.05) is 27.7 Å². The molecule has 0 fully saturated rings. The van der Waals surface area contributed by atoms with E-state index < -0.39 is 0 Å². The quantitative estimate of drug-likeness (QED) is 0.641. The van der Waals surface area contributed by atoms with Gasteiger partial charge >= 0.3 is 0 Å². The van der Waals surface area contributed by atoms with Crippen LogP contribution in [0, 0.1) is 5.92 Å². The molecule has 0 rings (SSSR count).